The zero-order valence-corrected chi connectivity index (χ0v) is 10.4. The molecule has 0 saturated carbocycles. The highest BCUT2D eigenvalue weighted by atomic mass is 16.4. The summed E-state index contributed by atoms with van der Waals surface area (Å²) in [6.07, 6.45) is 0. The lowest BCUT2D eigenvalue weighted by Gasteiger charge is -2.02. The molecule has 0 fully saturated rings. The molecular formula is C15H11NO4. The summed E-state index contributed by atoms with van der Waals surface area (Å²) in [6.45, 7) is -0.413. The Hall–Kier alpha value is -2.82. The Morgan fingerprint density at radius 1 is 1.10 bits per heavy atom. The van der Waals surface area contributed by atoms with Crippen LogP contribution in [0, 0.1) is 0 Å². The van der Waals surface area contributed by atoms with Crippen LogP contribution in [0.2, 0.25) is 0 Å². The van der Waals surface area contributed by atoms with Gasteiger partial charge in [-0.1, -0.05) is 36.4 Å². The van der Waals surface area contributed by atoms with Crippen LogP contribution in [-0.4, -0.2) is 15.6 Å². The second-order valence-corrected chi connectivity index (χ2v) is 4.40. The molecule has 5 nitrogen and oxygen atoms in total. The van der Waals surface area contributed by atoms with Crippen LogP contribution < -0.4 is 5.76 Å². The van der Waals surface area contributed by atoms with Crippen LogP contribution in [0.5, 0.6) is 0 Å². The van der Waals surface area contributed by atoms with Crippen molar-refractivity contribution in [1.29, 1.82) is 0 Å². The SMILES string of the molecule is O=C(O)Cn1c(=O)oc2ccc(-c3ccccc3)cc21. The molecule has 0 unspecified atom stereocenters. The van der Waals surface area contributed by atoms with E-state index in [4.69, 9.17) is 9.52 Å². The highest BCUT2D eigenvalue weighted by Crippen LogP contribution is 2.23. The molecule has 5 heteroatoms. The van der Waals surface area contributed by atoms with Crippen molar-refractivity contribution in [3.05, 3.63) is 59.1 Å². The first kappa shape index (κ1) is 12.2. The van der Waals surface area contributed by atoms with E-state index in [2.05, 4.69) is 0 Å². The fraction of sp³-hybridized carbons (Fsp3) is 0.0667. The number of carboxylic acids is 1. The van der Waals surface area contributed by atoms with Crippen LogP contribution >= 0.6 is 0 Å². The standard InChI is InChI=1S/C15H11NO4/c17-14(18)9-16-12-8-11(10-4-2-1-3-5-10)6-7-13(12)20-15(16)19/h1-8H,9H2,(H,17,18). The second-order valence-electron chi connectivity index (χ2n) is 4.40. The predicted molar refractivity (Wildman–Crippen MR) is 73.5 cm³/mol. The van der Waals surface area contributed by atoms with Gasteiger partial charge in [0.2, 0.25) is 0 Å². The Kier molecular flexibility index (Phi) is 2.87. The minimum absolute atomic E-state index is 0.385. The van der Waals surface area contributed by atoms with Crippen LogP contribution in [-0.2, 0) is 11.3 Å². The lowest BCUT2D eigenvalue weighted by Crippen LogP contribution is -2.19. The maximum absolute atomic E-state index is 11.7. The minimum atomic E-state index is -1.08. The second kappa shape index (κ2) is 4.70. The highest BCUT2D eigenvalue weighted by Gasteiger charge is 2.12. The number of hydrogen-bond donors (Lipinski definition) is 1. The summed E-state index contributed by atoms with van der Waals surface area (Å²) in [5.41, 5.74) is 2.76. The molecule has 1 aromatic heterocycles. The molecule has 0 spiro atoms. The summed E-state index contributed by atoms with van der Waals surface area (Å²) in [5.74, 6) is -1.74. The third-order valence-electron chi connectivity index (χ3n) is 3.07. The Morgan fingerprint density at radius 2 is 1.85 bits per heavy atom. The molecule has 0 saturated heterocycles. The summed E-state index contributed by atoms with van der Waals surface area (Å²) >= 11 is 0. The lowest BCUT2D eigenvalue weighted by atomic mass is 10.1. The van der Waals surface area contributed by atoms with Gasteiger partial charge in [0.25, 0.3) is 0 Å². The van der Waals surface area contributed by atoms with Crippen LogP contribution in [0.1, 0.15) is 0 Å². The van der Waals surface area contributed by atoms with E-state index in [0.717, 1.165) is 15.7 Å². The van der Waals surface area contributed by atoms with Crippen LogP contribution in [0.3, 0.4) is 0 Å². The average molecular weight is 269 g/mol. The summed E-state index contributed by atoms with van der Waals surface area (Å²) in [6, 6.07) is 14.9. The van der Waals surface area contributed by atoms with Crippen LogP contribution in [0.15, 0.2) is 57.7 Å². The molecule has 2 aromatic carbocycles. The van der Waals surface area contributed by atoms with Crippen molar-refractivity contribution in [2.75, 3.05) is 0 Å². The lowest BCUT2D eigenvalue weighted by molar-refractivity contribution is -0.137. The number of aliphatic carboxylic acids is 1. The van der Waals surface area contributed by atoms with Crippen molar-refractivity contribution in [2.24, 2.45) is 0 Å². The van der Waals surface area contributed by atoms with Crippen LogP contribution in [0.25, 0.3) is 22.2 Å². The van der Waals surface area contributed by atoms with Gasteiger partial charge in [-0.2, -0.15) is 0 Å². The number of benzene rings is 2. The number of fused-ring (bicyclic) bond motifs is 1. The van der Waals surface area contributed by atoms with Crippen LogP contribution in [0.4, 0.5) is 0 Å². The normalized spacial score (nSPS) is 10.8. The average Bonchev–Trinajstić information content (AvgIpc) is 2.75. The van der Waals surface area contributed by atoms with Crippen molar-refractivity contribution in [1.82, 2.24) is 4.57 Å². The van der Waals surface area contributed by atoms with Gasteiger partial charge in [-0.05, 0) is 23.3 Å². The van der Waals surface area contributed by atoms with Crippen molar-refractivity contribution < 1.29 is 14.3 Å². The molecule has 1 heterocycles. The summed E-state index contributed by atoms with van der Waals surface area (Å²) in [5, 5.41) is 8.85. The van der Waals surface area contributed by atoms with E-state index >= 15 is 0 Å². The topological polar surface area (TPSA) is 72.4 Å². The maximum atomic E-state index is 11.7. The smallest absolute Gasteiger partial charge is 0.420 e. The van der Waals surface area contributed by atoms with Gasteiger partial charge in [0.15, 0.2) is 5.58 Å². The Morgan fingerprint density at radius 3 is 2.55 bits per heavy atom. The molecule has 0 atom stereocenters. The number of carbonyl (C=O) groups is 1. The van der Waals surface area contributed by atoms with Crippen molar-refractivity contribution in [3.63, 3.8) is 0 Å². The molecule has 20 heavy (non-hydrogen) atoms. The minimum Gasteiger partial charge on any atom is -0.480 e. The number of hydrogen-bond acceptors (Lipinski definition) is 3. The van der Waals surface area contributed by atoms with E-state index in [1.165, 1.54) is 0 Å². The van der Waals surface area contributed by atoms with Gasteiger partial charge < -0.3 is 9.52 Å². The molecule has 0 bridgehead atoms. The molecule has 0 aliphatic heterocycles. The molecule has 0 amide bonds. The first-order valence-corrected chi connectivity index (χ1v) is 6.06. The molecule has 0 aliphatic carbocycles. The molecule has 1 N–H and O–H groups in total. The van der Waals surface area contributed by atoms with Crippen molar-refractivity contribution in [3.8, 4) is 11.1 Å². The number of nitrogens with zero attached hydrogens (tertiary/aromatic N) is 1. The summed E-state index contributed by atoms with van der Waals surface area (Å²) in [4.78, 5) is 22.5. The zero-order valence-electron chi connectivity index (χ0n) is 10.4. The van der Waals surface area contributed by atoms with E-state index < -0.39 is 18.3 Å². The van der Waals surface area contributed by atoms with E-state index in [1.54, 1.807) is 12.1 Å². The highest BCUT2D eigenvalue weighted by molar-refractivity contribution is 5.81. The zero-order chi connectivity index (χ0) is 14.1. The number of rotatable bonds is 3. The van der Waals surface area contributed by atoms with E-state index in [0.29, 0.717) is 11.1 Å². The third kappa shape index (κ3) is 2.09. The van der Waals surface area contributed by atoms with Gasteiger partial charge in [0.1, 0.15) is 6.54 Å². The molecule has 0 aliphatic rings. The van der Waals surface area contributed by atoms with Gasteiger partial charge in [0, 0.05) is 0 Å². The predicted octanol–water partition coefficient (Wildman–Crippen LogP) is 2.35. The molecule has 100 valence electrons. The van der Waals surface area contributed by atoms with E-state index in [9.17, 15) is 9.59 Å². The van der Waals surface area contributed by atoms with E-state index in [-0.39, 0.29) is 0 Å². The Bertz CT molecular complexity index is 830. The maximum Gasteiger partial charge on any atom is 0.420 e. The fourth-order valence-electron chi connectivity index (χ4n) is 2.16. The third-order valence-corrected chi connectivity index (χ3v) is 3.07. The fourth-order valence-corrected chi connectivity index (χ4v) is 2.16. The first-order valence-electron chi connectivity index (χ1n) is 6.06. The first-order chi connectivity index (χ1) is 9.65. The van der Waals surface area contributed by atoms with Gasteiger partial charge in [-0.3, -0.25) is 9.36 Å². The number of aromatic nitrogens is 1. The Balaban J connectivity index is 2.19. The molecule has 3 rings (SSSR count). The van der Waals surface area contributed by atoms with Gasteiger partial charge in [-0.25, -0.2) is 4.79 Å². The quantitative estimate of drug-likeness (QED) is 0.792. The van der Waals surface area contributed by atoms with E-state index in [1.807, 2.05) is 36.4 Å². The van der Waals surface area contributed by atoms with Gasteiger partial charge in [-0.15, -0.1) is 0 Å². The van der Waals surface area contributed by atoms with Gasteiger partial charge >= 0.3 is 11.7 Å². The van der Waals surface area contributed by atoms with Crippen molar-refractivity contribution in [2.45, 2.75) is 6.54 Å². The summed E-state index contributed by atoms with van der Waals surface area (Å²) < 4.78 is 6.15. The van der Waals surface area contributed by atoms with Gasteiger partial charge in [0.05, 0.1) is 5.52 Å². The monoisotopic (exact) mass is 269 g/mol. The molecular weight excluding hydrogens is 258 g/mol. The van der Waals surface area contributed by atoms with Crippen molar-refractivity contribution >= 4 is 17.1 Å². The largest absolute Gasteiger partial charge is 0.480 e. The molecule has 3 aromatic rings. The summed E-state index contributed by atoms with van der Waals surface area (Å²) in [7, 11) is 0. The molecule has 0 radical (unpaired) electrons. The number of carboxylic acid groups (broad SMARTS) is 1. The Labute approximate surface area is 113 Å². The number of oxazole rings is 1.